The maximum Gasteiger partial charge on any atom is 0.260 e. The molecule has 0 spiro atoms. The van der Waals surface area contributed by atoms with E-state index in [9.17, 15) is 13.2 Å². The number of anilines is 1. The molecule has 1 amide bonds. The largest absolute Gasteiger partial charge is 0.481 e. The fourth-order valence-electron chi connectivity index (χ4n) is 2.42. The normalized spacial score (nSPS) is 12.3. The number of hydrogen-bond donors (Lipinski definition) is 1. The van der Waals surface area contributed by atoms with Crippen LogP contribution in [0.5, 0.6) is 5.75 Å². The fourth-order valence-corrected chi connectivity index (χ4v) is 4.52. The van der Waals surface area contributed by atoms with E-state index in [4.69, 9.17) is 27.9 Å². The minimum absolute atomic E-state index is 0.233. The van der Waals surface area contributed by atoms with Crippen LogP contribution in [0.15, 0.2) is 42.5 Å². The van der Waals surface area contributed by atoms with Gasteiger partial charge in [0.05, 0.1) is 11.9 Å². The number of carbonyl (C=O) groups excluding carboxylic acids is 1. The summed E-state index contributed by atoms with van der Waals surface area (Å²) in [7, 11) is -1.86. The predicted octanol–water partition coefficient (Wildman–Crippen LogP) is 4.21. The summed E-state index contributed by atoms with van der Waals surface area (Å²) in [6, 6.07) is 11.9. The molecule has 0 aliphatic carbocycles. The number of rotatable bonds is 10. The predicted molar refractivity (Wildman–Crippen MR) is 125 cm³/mol. The van der Waals surface area contributed by atoms with Gasteiger partial charge in [0.2, 0.25) is 10.0 Å². The lowest BCUT2D eigenvalue weighted by Gasteiger charge is -2.18. The quantitative estimate of drug-likeness (QED) is 0.504. The second-order valence-corrected chi connectivity index (χ2v) is 10.5. The molecule has 6 nitrogen and oxygen atoms in total. The van der Waals surface area contributed by atoms with Crippen LogP contribution >= 0.6 is 35.0 Å². The number of ether oxygens (including phenoxy) is 1. The lowest BCUT2D eigenvalue weighted by atomic mass is 10.2. The van der Waals surface area contributed by atoms with Crippen molar-refractivity contribution in [1.82, 2.24) is 5.32 Å². The Morgan fingerprint density at radius 2 is 1.77 bits per heavy atom. The van der Waals surface area contributed by atoms with Crippen molar-refractivity contribution in [3.8, 4) is 5.75 Å². The van der Waals surface area contributed by atoms with Crippen molar-refractivity contribution in [2.24, 2.45) is 0 Å². The van der Waals surface area contributed by atoms with E-state index < -0.39 is 16.1 Å². The van der Waals surface area contributed by atoms with Crippen LogP contribution in [0.2, 0.25) is 10.0 Å². The number of nitrogens with zero attached hydrogens (tertiary/aromatic N) is 1. The lowest BCUT2D eigenvalue weighted by molar-refractivity contribution is -0.127. The van der Waals surface area contributed by atoms with E-state index in [1.165, 1.54) is 11.4 Å². The van der Waals surface area contributed by atoms with E-state index in [0.29, 0.717) is 39.5 Å². The van der Waals surface area contributed by atoms with Gasteiger partial charge in [0, 0.05) is 35.1 Å². The highest BCUT2D eigenvalue weighted by atomic mass is 35.5. The minimum Gasteiger partial charge on any atom is -0.481 e. The topological polar surface area (TPSA) is 75.7 Å². The fraction of sp³-hybridized carbons (Fsp3) is 0.350. The van der Waals surface area contributed by atoms with Crippen LogP contribution in [0.1, 0.15) is 12.5 Å². The van der Waals surface area contributed by atoms with Crippen LogP contribution in [-0.2, 0) is 20.6 Å². The Labute approximate surface area is 191 Å². The third kappa shape index (κ3) is 7.27. The molecule has 0 aliphatic rings. The minimum atomic E-state index is -3.33. The first-order chi connectivity index (χ1) is 14.1. The summed E-state index contributed by atoms with van der Waals surface area (Å²) in [5.41, 5.74) is 1.40. The van der Waals surface area contributed by atoms with Gasteiger partial charge in [-0.2, -0.15) is 11.8 Å². The zero-order valence-corrected chi connectivity index (χ0v) is 20.0. The molecule has 0 saturated carbocycles. The van der Waals surface area contributed by atoms with E-state index in [0.717, 1.165) is 11.8 Å². The van der Waals surface area contributed by atoms with Gasteiger partial charge in [-0.3, -0.25) is 9.10 Å². The van der Waals surface area contributed by atoms with Gasteiger partial charge in [0.1, 0.15) is 5.75 Å². The number of nitrogens with one attached hydrogen (secondary N) is 1. The van der Waals surface area contributed by atoms with Crippen molar-refractivity contribution in [1.29, 1.82) is 0 Å². The van der Waals surface area contributed by atoms with Gasteiger partial charge in [0.15, 0.2) is 6.10 Å². The number of amides is 1. The molecule has 0 bridgehead atoms. The monoisotopic (exact) mass is 490 g/mol. The number of halogens is 2. The summed E-state index contributed by atoms with van der Waals surface area (Å²) in [4.78, 5) is 12.2. The molecule has 2 rings (SSSR count). The first-order valence-electron chi connectivity index (χ1n) is 9.08. The van der Waals surface area contributed by atoms with Crippen LogP contribution < -0.4 is 14.4 Å². The summed E-state index contributed by atoms with van der Waals surface area (Å²) in [6.45, 7) is 2.14. The molecule has 0 unspecified atom stereocenters. The Balaban J connectivity index is 1.75. The molecule has 1 N–H and O–H groups in total. The summed E-state index contributed by atoms with van der Waals surface area (Å²) in [6.07, 6.45) is 0.442. The number of hydrogen-bond acceptors (Lipinski definition) is 5. The highest BCUT2D eigenvalue weighted by molar-refractivity contribution is 7.98. The summed E-state index contributed by atoms with van der Waals surface area (Å²) < 4.78 is 29.9. The average molecular weight is 491 g/mol. The van der Waals surface area contributed by atoms with Gasteiger partial charge < -0.3 is 10.1 Å². The zero-order chi connectivity index (χ0) is 22.3. The van der Waals surface area contributed by atoms with Gasteiger partial charge in [-0.05, 0) is 48.9 Å². The smallest absolute Gasteiger partial charge is 0.260 e. The summed E-state index contributed by atoms with van der Waals surface area (Å²) in [5, 5.41) is 4.10. The van der Waals surface area contributed by atoms with E-state index in [1.54, 1.807) is 61.2 Å². The van der Waals surface area contributed by atoms with Crippen LogP contribution in [0.3, 0.4) is 0 Å². The molecule has 0 saturated heterocycles. The molecule has 0 heterocycles. The molecule has 0 fully saturated rings. The molecule has 0 aliphatic heterocycles. The van der Waals surface area contributed by atoms with Gasteiger partial charge >= 0.3 is 0 Å². The lowest BCUT2D eigenvalue weighted by Crippen LogP contribution is -2.37. The molecular formula is C20H24Cl2N2O4S2. The second kappa shape index (κ2) is 11.1. The Morgan fingerprint density at radius 3 is 2.33 bits per heavy atom. The van der Waals surface area contributed by atoms with Crippen molar-refractivity contribution in [3.05, 3.63) is 58.1 Å². The average Bonchev–Trinajstić information content (AvgIpc) is 2.68. The van der Waals surface area contributed by atoms with Crippen LogP contribution in [0.25, 0.3) is 0 Å². The molecule has 2 aromatic carbocycles. The molecule has 30 heavy (non-hydrogen) atoms. The van der Waals surface area contributed by atoms with Gasteiger partial charge in [-0.1, -0.05) is 29.3 Å². The molecule has 164 valence electrons. The molecular weight excluding hydrogens is 467 g/mol. The third-order valence-corrected chi connectivity index (χ3v) is 7.13. The van der Waals surface area contributed by atoms with Gasteiger partial charge in [-0.25, -0.2) is 8.42 Å². The third-order valence-electron chi connectivity index (χ3n) is 4.23. The molecule has 1 atom stereocenters. The Hall–Kier alpha value is -1.61. The van der Waals surface area contributed by atoms with E-state index in [1.807, 2.05) is 0 Å². The van der Waals surface area contributed by atoms with Crippen LogP contribution in [-0.4, -0.2) is 46.0 Å². The van der Waals surface area contributed by atoms with Gasteiger partial charge in [0.25, 0.3) is 5.91 Å². The summed E-state index contributed by atoms with van der Waals surface area (Å²) in [5.74, 6) is 1.61. The Kier molecular flexibility index (Phi) is 9.15. The maximum atomic E-state index is 12.2. The van der Waals surface area contributed by atoms with E-state index in [-0.39, 0.29) is 5.91 Å². The molecule has 0 aromatic heterocycles. The van der Waals surface area contributed by atoms with Crippen molar-refractivity contribution < 1.29 is 17.9 Å². The SMILES string of the molecule is C[C@@H](Oc1ccc(N(C)S(C)(=O)=O)cc1)C(=O)NCCSCc1c(Cl)cccc1Cl. The number of benzene rings is 2. The number of sulfonamides is 1. The summed E-state index contributed by atoms with van der Waals surface area (Å²) >= 11 is 13.9. The number of carbonyl (C=O) groups is 1. The molecule has 10 heteroatoms. The Morgan fingerprint density at radius 1 is 1.17 bits per heavy atom. The van der Waals surface area contributed by atoms with Crippen molar-refractivity contribution in [2.75, 3.05) is 29.9 Å². The number of thioether (sulfide) groups is 1. The van der Waals surface area contributed by atoms with Crippen molar-refractivity contribution >= 4 is 56.6 Å². The highest BCUT2D eigenvalue weighted by Crippen LogP contribution is 2.28. The second-order valence-electron chi connectivity index (χ2n) is 6.53. The van der Waals surface area contributed by atoms with Crippen LogP contribution in [0, 0.1) is 0 Å². The van der Waals surface area contributed by atoms with Crippen LogP contribution in [0.4, 0.5) is 5.69 Å². The standard InChI is InChI=1S/C20H24Cl2N2O4S2/c1-14(28-16-9-7-15(8-10-16)24(2)30(3,26)27)20(25)23-11-12-29-13-17-18(21)5-4-6-19(17)22/h4-10,14H,11-13H2,1-3H3,(H,23,25)/t14-/m1/s1. The first-order valence-corrected chi connectivity index (χ1v) is 12.8. The van der Waals surface area contributed by atoms with E-state index >= 15 is 0 Å². The van der Waals surface area contributed by atoms with Crippen molar-refractivity contribution in [3.63, 3.8) is 0 Å². The molecule has 0 radical (unpaired) electrons. The molecule has 2 aromatic rings. The first kappa shape index (κ1) is 24.7. The zero-order valence-electron chi connectivity index (χ0n) is 16.9. The highest BCUT2D eigenvalue weighted by Gasteiger charge is 2.15. The Bertz CT molecular complexity index is 949. The van der Waals surface area contributed by atoms with Crippen molar-refractivity contribution in [2.45, 2.75) is 18.8 Å². The maximum absolute atomic E-state index is 12.2. The van der Waals surface area contributed by atoms with Gasteiger partial charge in [-0.15, -0.1) is 0 Å². The van der Waals surface area contributed by atoms with E-state index in [2.05, 4.69) is 5.32 Å².